The fourth-order valence-electron chi connectivity index (χ4n) is 2.15. The van der Waals surface area contributed by atoms with E-state index in [2.05, 4.69) is 50.1 Å². The predicted molar refractivity (Wildman–Crippen MR) is 86.5 cm³/mol. The summed E-state index contributed by atoms with van der Waals surface area (Å²) >= 11 is 8.07. The van der Waals surface area contributed by atoms with Gasteiger partial charge in [0.15, 0.2) is 0 Å². The Kier molecular flexibility index (Phi) is 5.13. The molecule has 0 saturated carbocycles. The Morgan fingerprint density at radius 3 is 2.50 bits per heavy atom. The van der Waals surface area contributed by atoms with Crippen molar-refractivity contribution in [1.29, 1.82) is 0 Å². The molecule has 0 spiro atoms. The van der Waals surface area contributed by atoms with E-state index in [0.717, 1.165) is 17.0 Å². The average molecular weight is 310 g/mol. The van der Waals surface area contributed by atoms with Crippen LogP contribution in [-0.4, -0.2) is 15.5 Å². The maximum Gasteiger partial charge on any atom is 0.0837 e. The summed E-state index contributed by atoms with van der Waals surface area (Å²) in [6.45, 7) is 6.28. The number of hydrogen-bond acceptors (Lipinski definition) is 3. The lowest BCUT2D eigenvalue weighted by Gasteiger charge is -2.18. The highest BCUT2D eigenvalue weighted by molar-refractivity contribution is 7.99. The summed E-state index contributed by atoms with van der Waals surface area (Å²) in [5.41, 5.74) is 8.30. The van der Waals surface area contributed by atoms with Crippen LogP contribution >= 0.6 is 23.4 Å². The number of halogens is 1. The van der Waals surface area contributed by atoms with Crippen LogP contribution in [0.2, 0.25) is 5.02 Å². The SMILES string of the molecule is CCSc1ccc(C(N)c2c(Cl)cnn2C(C)C)cc1. The van der Waals surface area contributed by atoms with Gasteiger partial charge in [-0.2, -0.15) is 5.10 Å². The Balaban J connectivity index is 2.31. The molecule has 0 bridgehead atoms. The number of thioether (sulfide) groups is 1. The molecule has 0 saturated heterocycles. The minimum absolute atomic E-state index is 0.235. The molecule has 1 atom stereocenters. The Labute approximate surface area is 129 Å². The molecule has 1 heterocycles. The Morgan fingerprint density at radius 2 is 1.95 bits per heavy atom. The van der Waals surface area contributed by atoms with Crippen LogP contribution in [0.1, 0.15) is 44.1 Å². The summed E-state index contributed by atoms with van der Waals surface area (Å²) in [7, 11) is 0. The van der Waals surface area contributed by atoms with Crippen LogP contribution in [0, 0.1) is 0 Å². The fraction of sp³-hybridized carbons (Fsp3) is 0.400. The third-order valence-electron chi connectivity index (χ3n) is 3.12. The van der Waals surface area contributed by atoms with Crippen molar-refractivity contribution in [2.24, 2.45) is 5.73 Å². The van der Waals surface area contributed by atoms with Crippen molar-refractivity contribution >= 4 is 23.4 Å². The van der Waals surface area contributed by atoms with E-state index < -0.39 is 0 Å². The van der Waals surface area contributed by atoms with Gasteiger partial charge in [0.25, 0.3) is 0 Å². The number of benzene rings is 1. The second-order valence-corrected chi connectivity index (χ2v) is 6.64. The molecule has 0 aliphatic rings. The molecule has 0 aliphatic heterocycles. The van der Waals surface area contributed by atoms with Crippen molar-refractivity contribution in [3.05, 3.63) is 46.7 Å². The topological polar surface area (TPSA) is 43.8 Å². The van der Waals surface area contributed by atoms with Gasteiger partial charge < -0.3 is 5.73 Å². The first-order valence-electron chi connectivity index (χ1n) is 6.75. The van der Waals surface area contributed by atoms with Gasteiger partial charge in [-0.1, -0.05) is 30.7 Å². The Hall–Kier alpha value is -0.970. The lowest BCUT2D eigenvalue weighted by molar-refractivity contribution is 0.499. The lowest BCUT2D eigenvalue weighted by Crippen LogP contribution is -2.19. The fourth-order valence-corrected chi connectivity index (χ4v) is 3.06. The largest absolute Gasteiger partial charge is 0.319 e. The average Bonchev–Trinajstić information content (AvgIpc) is 2.81. The number of aromatic nitrogens is 2. The molecule has 3 nitrogen and oxygen atoms in total. The van der Waals surface area contributed by atoms with Crippen molar-refractivity contribution in [2.45, 2.75) is 37.8 Å². The van der Waals surface area contributed by atoms with Gasteiger partial charge in [0.2, 0.25) is 0 Å². The second kappa shape index (κ2) is 6.66. The third-order valence-corrected chi connectivity index (χ3v) is 4.31. The zero-order chi connectivity index (χ0) is 14.7. The van der Waals surface area contributed by atoms with Gasteiger partial charge in [-0.05, 0) is 37.3 Å². The molecular weight excluding hydrogens is 290 g/mol. The van der Waals surface area contributed by atoms with E-state index in [9.17, 15) is 0 Å². The van der Waals surface area contributed by atoms with Crippen molar-refractivity contribution in [1.82, 2.24) is 9.78 Å². The molecular formula is C15H20ClN3S. The highest BCUT2D eigenvalue weighted by atomic mass is 35.5. The quantitative estimate of drug-likeness (QED) is 0.838. The van der Waals surface area contributed by atoms with Crippen molar-refractivity contribution in [3.8, 4) is 0 Å². The van der Waals surface area contributed by atoms with E-state index >= 15 is 0 Å². The molecule has 1 unspecified atom stereocenters. The maximum atomic E-state index is 6.37. The summed E-state index contributed by atoms with van der Waals surface area (Å²) < 4.78 is 1.89. The summed E-state index contributed by atoms with van der Waals surface area (Å²) in [5.74, 6) is 1.07. The predicted octanol–water partition coefficient (Wildman–Crippen LogP) is 4.28. The van der Waals surface area contributed by atoms with Crippen molar-refractivity contribution in [2.75, 3.05) is 5.75 Å². The standard InChI is InChI=1S/C15H20ClN3S/c1-4-20-12-7-5-11(6-8-12)14(17)15-13(16)9-18-19(15)10(2)3/h5-10,14H,4,17H2,1-3H3. The van der Waals surface area contributed by atoms with Crippen LogP contribution < -0.4 is 5.73 Å². The molecule has 2 rings (SSSR count). The summed E-state index contributed by atoms with van der Waals surface area (Å²) in [6.07, 6.45) is 1.66. The monoisotopic (exact) mass is 309 g/mol. The highest BCUT2D eigenvalue weighted by Gasteiger charge is 2.19. The van der Waals surface area contributed by atoms with Crippen LogP contribution in [-0.2, 0) is 0 Å². The maximum absolute atomic E-state index is 6.37. The molecule has 1 aromatic carbocycles. The molecule has 108 valence electrons. The normalized spacial score (nSPS) is 12.9. The van der Waals surface area contributed by atoms with Crippen molar-refractivity contribution in [3.63, 3.8) is 0 Å². The lowest BCUT2D eigenvalue weighted by atomic mass is 10.0. The van der Waals surface area contributed by atoms with E-state index in [1.165, 1.54) is 4.90 Å². The van der Waals surface area contributed by atoms with E-state index in [1.54, 1.807) is 6.20 Å². The van der Waals surface area contributed by atoms with Crippen LogP contribution in [0.4, 0.5) is 0 Å². The smallest absolute Gasteiger partial charge is 0.0837 e. The van der Waals surface area contributed by atoms with Crippen LogP contribution in [0.25, 0.3) is 0 Å². The number of nitrogens with two attached hydrogens (primary N) is 1. The molecule has 2 aromatic rings. The van der Waals surface area contributed by atoms with Gasteiger partial charge in [0.1, 0.15) is 0 Å². The van der Waals surface area contributed by atoms with E-state index in [0.29, 0.717) is 5.02 Å². The molecule has 1 aromatic heterocycles. The zero-order valence-electron chi connectivity index (χ0n) is 12.0. The first-order chi connectivity index (χ1) is 9.54. The van der Waals surface area contributed by atoms with Gasteiger partial charge in [-0.15, -0.1) is 11.8 Å². The van der Waals surface area contributed by atoms with Gasteiger partial charge in [0.05, 0.1) is 23.0 Å². The van der Waals surface area contributed by atoms with Crippen molar-refractivity contribution < 1.29 is 0 Å². The summed E-state index contributed by atoms with van der Waals surface area (Å²) in [6, 6.07) is 8.32. The first-order valence-corrected chi connectivity index (χ1v) is 8.12. The van der Waals surface area contributed by atoms with Gasteiger partial charge in [0, 0.05) is 10.9 Å². The zero-order valence-corrected chi connectivity index (χ0v) is 13.6. The number of hydrogen-bond donors (Lipinski definition) is 1. The third kappa shape index (κ3) is 3.19. The van der Waals surface area contributed by atoms with E-state index in [4.69, 9.17) is 17.3 Å². The minimum Gasteiger partial charge on any atom is -0.319 e. The van der Waals surface area contributed by atoms with Crippen LogP contribution in [0.3, 0.4) is 0 Å². The molecule has 0 radical (unpaired) electrons. The molecule has 5 heteroatoms. The molecule has 20 heavy (non-hydrogen) atoms. The van der Waals surface area contributed by atoms with E-state index in [-0.39, 0.29) is 12.1 Å². The van der Waals surface area contributed by atoms with E-state index in [1.807, 2.05) is 16.4 Å². The van der Waals surface area contributed by atoms with Gasteiger partial charge in [-0.3, -0.25) is 4.68 Å². The molecule has 0 amide bonds. The second-order valence-electron chi connectivity index (χ2n) is 4.90. The summed E-state index contributed by atoms with van der Waals surface area (Å²) in [5, 5.41) is 4.93. The van der Waals surface area contributed by atoms with Gasteiger partial charge in [-0.25, -0.2) is 0 Å². The number of rotatable bonds is 5. The van der Waals surface area contributed by atoms with Gasteiger partial charge >= 0.3 is 0 Å². The first kappa shape index (κ1) is 15.4. The number of nitrogens with zero attached hydrogens (tertiary/aromatic N) is 2. The molecule has 0 fully saturated rings. The Morgan fingerprint density at radius 1 is 1.30 bits per heavy atom. The van der Waals surface area contributed by atoms with Crippen LogP contribution in [0.5, 0.6) is 0 Å². The molecule has 0 aliphatic carbocycles. The molecule has 2 N–H and O–H groups in total. The Bertz CT molecular complexity index is 563. The highest BCUT2D eigenvalue weighted by Crippen LogP contribution is 2.29. The summed E-state index contributed by atoms with van der Waals surface area (Å²) in [4.78, 5) is 1.26. The minimum atomic E-state index is -0.256. The van der Waals surface area contributed by atoms with Crippen LogP contribution in [0.15, 0.2) is 35.4 Å².